The van der Waals surface area contributed by atoms with E-state index in [-0.39, 0.29) is 44.2 Å². The van der Waals surface area contributed by atoms with Gasteiger partial charge in [0.1, 0.15) is 31.3 Å². The summed E-state index contributed by atoms with van der Waals surface area (Å²) in [4.78, 5) is 11.7. The van der Waals surface area contributed by atoms with Crippen LogP contribution in [-0.2, 0) is 20.7 Å². The Balaban J connectivity index is 1.45. The van der Waals surface area contributed by atoms with Crippen molar-refractivity contribution >= 4 is 5.97 Å². The van der Waals surface area contributed by atoms with Crippen LogP contribution in [0.25, 0.3) is 33.4 Å². The molecule has 1 atom stereocenters. The monoisotopic (exact) mass is 666 g/mol. The fourth-order valence-electron chi connectivity index (χ4n) is 5.18. The van der Waals surface area contributed by atoms with E-state index in [9.17, 15) is 9.90 Å². The molecule has 0 radical (unpaired) electrons. The van der Waals surface area contributed by atoms with Crippen LogP contribution in [0, 0.1) is 0 Å². The van der Waals surface area contributed by atoms with Crippen molar-refractivity contribution in [3.8, 4) is 44.9 Å². The topological polar surface area (TPSA) is 115 Å². The largest absolute Gasteiger partial charge is 0.491 e. The molecule has 4 aromatic rings. The predicted octanol–water partition coefficient (Wildman–Crippen LogP) is 7.15. The van der Waals surface area contributed by atoms with Crippen LogP contribution in [-0.4, -0.2) is 67.2 Å². The van der Waals surface area contributed by atoms with Gasteiger partial charge in [-0.25, -0.2) is 4.79 Å². The van der Waals surface area contributed by atoms with E-state index in [4.69, 9.17) is 29.2 Å². The van der Waals surface area contributed by atoms with Gasteiger partial charge in [-0.05, 0) is 76.1 Å². The summed E-state index contributed by atoms with van der Waals surface area (Å²) in [5.74, 6) is 0.732. The lowest BCUT2D eigenvalue weighted by atomic mass is 9.91. The lowest BCUT2D eigenvalue weighted by Gasteiger charge is -2.15. The number of benzene rings is 4. The molecule has 49 heavy (non-hydrogen) atoms. The van der Waals surface area contributed by atoms with Gasteiger partial charge in [-0.3, -0.25) is 0 Å². The molecule has 0 amide bonds. The Labute approximate surface area is 288 Å². The highest BCUT2D eigenvalue weighted by Gasteiger charge is 2.12. The summed E-state index contributed by atoms with van der Waals surface area (Å²) >= 11 is 0. The molecule has 0 bridgehead atoms. The van der Waals surface area contributed by atoms with E-state index in [2.05, 4.69) is 68.6 Å². The van der Waals surface area contributed by atoms with Crippen LogP contribution in [0.15, 0.2) is 115 Å². The van der Waals surface area contributed by atoms with E-state index < -0.39 is 18.9 Å². The van der Waals surface area contributed by atoms with Gasteiger partial charge < -0.3 is 34.3 Å². The van der Waals surface area contributed by atoms with Gasteiger partial charge in [-0.1, -0.05) is 99.7 Å². The highest BCUT2D eigenvalue weighted by Crippen LogP contribution is 2.33. The Kier molecular flexibility index (Phi) is 14.6. The van der Waals surface area contributed by atoms with Gasteiger partial charge in [-0.2, -0.15) is 0 Å². The number of unbranched alkanes of at least 4 members (excludes halogenated alkanes) is 2. The minimum atomic E-state index is -1.22. The van der Waals surface area contributed by atoms with Crippen LogP contribution in [0.3, 0.4) is 0 Å². The minimum absolute atomic E-state index is 0.00954. The second-order valence-electron chi connectivity index (χ2n) is 11.6. The van der Waals surface area contributed by atoms with Crippen molar-refractivity contribution in [3.63, 3.8) is 0 Å². The molecule has 8 nitrogen and oxygen atoms in total. The number of hydrogen-bond acceptors (Lipinski definition) is 8. The molecule has 0 heterocycles. The van der Waals surface area contributed by atoms with Crippen LogP contribution in [0.4, 0.5) is 0 Å². The van der Waals surface area contributed by atoms with Gasteiger partial charge in [0, 0.05) is 5.57 Å². The number of aliphatic hydroxyl groups excluding tert-OH is 3. The van der Waals surface area contributed by atoms with Crippen molar-refractivity contribution in [2.24, 2.45) is 0 Å². The maximum atomic E-state index is 11.7. The van der Waals surface area contributed by atoms with Gasteiger partial charge in [0.2, 0.25) is 0 Å². The maximum Gasteiger partial charge on any atom is 0.335 e. The quantitative estimate of drug-likeness (QED) is 0.0300. The fraction of sp³-hybridized carbons (Fsp3) is 0.293. The number of esters is 1. The molecule has 4 aromatic carbocycles. The molecule has 258 valence electrons. The average Bonchev–Trinajstić information content (AvgIpc) is 3.14. The zero-order valence-corrected chi connectivity index (χ0v) is 28.1. The third-order valence-electron chi connectivity index (χ3n) is 7.93. The molecule has 1 unspecified atom stereocenters. The molecule has 0 fully saturated rings. The minimum Gasteiger partial charge on any atom is -0.491 e. The summed E-state index contributed by atoms with van der Waals surface area (Å²) < 4.78 is 22.0. The summed E-state index contributed by atoms with van der Waals surface area (Å²) in [6, 6.07) is 30.8. The van der Waals surface area contributed by atoms with E-state index in [1.54, 1.807) is 0 Å². The molecular formula is C41H46O8. The Morgan fingerprint density at radius 1 is 0.694 bits per heavy atom. The fourth-order valence-corrected chi connectivity index (χ4v) is 5.18. The van der Waals surface area contributed by atoms with Crippen molar-refractivity contribution < 1.29 is 39.1 Å². The van der Waals surface area contributed by atoms with Crippen molar-refractivity contribution in [2.75, 3.05) is 39.6 Å². The number of carbonyl (C=O) groups is 1. The molecule has 0 aliphatic carbocycles. The first kappa shape index (κ1) is 37.1. The van der Waals surface area contributed by atoms with Crippen LogP contribution >= 0.6 is 0 Å². The Hall–Kier alpha value is -4.73. The molecule has 0 spiro atoms. The first-order valence-electron chi connectivity index (χ1n) is 16.6. The number of aliphatic hydroxyl groups is 3. The second-order valence-corrected chi connectivity index (χ2v) is 11.6. The Morgan fingerprint density at radius 3 is 1.92 bits per heavy atom. The van der Waals surface area contributed by atoms with E-state index in [0.29, 0.717) is 11.5 Å². The second kappa shape index (κ2) is 19.3. The number of hydrogen-bond donors (Lipinski definition) is 3. The highest BCUT2D eigenvalue weighted by atomic mass is 16.6. The third kappa shape index (κ3) is 11.2. The molecule has 8 heteroatoms. The molecule has 3 N–H and O–H groups in total. The molecule has 0 aliphatic heterocycles. The van der Waals surface area contributed by atoms with Crippen molar-refractivity contribution in [2.45, 2.75) is 38.9 Å². The first-order valence-corrected chi connectivity index (χ1v) is 16.6. The van der Waals surface area contributed by atoms with Gasteiger partial charge in [0.25, 0.3) is 0 Å². The maximum absolute atomic E-state index is 11.7. The van der Waals surface area contributed by atoms with E-state index >= 15 is 0 Å². The summed E-state index contributed by atoms with van der Waals surface area (Å²) in [6.45, 7) is 9.09. The Morgan fingerprint density at radius 2 is 1.29 bits per heavy atom. The third-order valence-corrected chi connectivity index (χ3v) is 7.93. The lowest BCUT2D eigenvalue weighted by Crippen LogP contribution is -2.20. The van der Waals surface area contributed by atoms with Crippen LogP contribution in [0.2, 0.25) is 0 Å². The lowest BCUT2D eigenvalue weighted by molar-refractivity contribution is -0.140. The van der Waals surface area contributed by atoms with Gasteiger partial charge in [0.05, 0.1) is 25.4 Å². The van der Waals surface area contributed by atoms with E-state index in [0.717, 1.165) is 53.5 Å². The molecule has 0 aromatic heterocycles. The molecular weight excluding hydrogens is 620 g/mol. The zero-order chi connectivity index (χ0) is 35.0. The smallest absolute Gasteiger partial charge is 0.335 e. The SMILES string of the molecule is C=C(CO)C(=O)OCCOc1cccc(-c2ccc(-c3ccc(-c4cccc(OCCOC(O)C(=C)CO)c4)cc3CCCCC)cc2)c1. The van der Waals surface area contributed by atoms with Crippen molar-refractivity contribution in [3.05, 3.63) is 121 Å². The van der Waals surface area contributed by atoms with Crippen LogP contribution in [0.5, 0.6) is 11.5 Å². The van der Waals surface area contributed by atoms with E-state index in [1.807, 2.05) is 42.5 Å². The van der Waals surface area contributed by atoms with E-state index in [1.165, 1.54) is 11.1 Å². The summed E-state index contributed by atoms with van der Waals surface area (Å²) in [6.07, 6.45) is 3.16. The normalized spacial score (nSPS) is 11.5. The van der Waals surface area contributed by atoms with Crippen molar-refractivity contribution in [1.82, 2.24) is 0 Å². The number of rotatable bonds is 20. The Bertz CT molecular complexity index is 1680. The molecule has 0 saturated carbocycles. The van der Waals surface area contributed by atoms with Gasteiger partial charge in [-0.15, -0.1) is 0 Å². The number of ether oxygens (including phenoxy) is 4. The first-order chi connectivity index (χ1) is 23.8. The molecule has 0 aliphatic rings. The summed E-state index contributed by atoms with van der Waals surface area (Å²) in [5.41, 5.74) is 8.06. The highest BCUT2D eigenvalue weighted by molar-refractivity contribution is 5.87. The van der Waals surface area contributed by atoms with Gasteiger partial charge in [0.15, 0.2) is 6.29 Å². The summed E-state index contributed by atoms with van der Waals surface area (Å²) in [5, 5.41) is 27.8. The van der Waals surface area contributed by atoms with Crippen molar-refractivity contribution in [1.29, 1.82) is 0 Å². The van der Waals surface area contributed by atoms with Gasteiger partial charge >= 0.3 is 5.97 Å². The number of aryl methyl sites for hydroxylation is 1. The number of carbonyl (C=O) groups excluding carboxylic acids is 1. The molecule has 4 rings (SSSR count). The summed E-state index contributed by atoms with van der Waals surface area (Å²) in [7, 11) is 0. The zero-order valence-electron chi connectivity index (χ0n) is 28.1. The average molecular weight is 667 g/mol. The molecule has 0 saturated heterocycles. The standard InChI is InChI=1S/C41H46O8/c1-4-5-6-9-36-24-35(34-11-8-13-38(26-34)47-21-23-49-41(45)30(3)28-43)18-19-39(36)32-16-14-31(15-17-32)33-10-7-12-37(25-33)46-20-22-48-40(44)29(2)27-42/h7-8,10-19,24-26,41-43,45H,2-6,9,20-23,27-28H2,1H3. The van der Waals surface area contributed by atoms with Crippen LogP contribution < -0.4 is 9.47 Å². The van der Waals surface area contributed by atoms with Crippen LogP contribution in [0.1, 0.15) is 31.7 Å². The predicted molar refractivity (Wildman–Crippen MR) is 192 cm³/mol.